The van der Waals surface area contributed by atoms with Gasteiger partial charge in [0.05, 0.1) is 0 Å². The summed E-state index contributed by atoms with van der Waals surface area (Å²) >= 11 is 0. The Kier molecular flexibility index (Phi) is 3.23. The molecule has 134 valence electrons. The Morgan fingerprint density at radius 1 is 1.08 bits per heavy atom. The van der Waals surface area contributed by atoms with Gasteiger partial charge in [0, 0.05) is 25.4 Å². The van der Waals surface area contributed by atoms with Gasteiger partial charge in [0.1, 0.15) is 5.82 Å². The van der Waals surface area contributed by atoms with Crippen LogP contribution in [0.3, 0.4) is 0 Å². The molecule has 0 unspecified atom stereocenters. The maximum absolute atomic E-state index is 13.3. The number of rotatable bonds is 3. The first-order valence-corrected chi connectivity index (χ1v) is 9.06. The predicted molar refractivity (Wildman–Crippen MR) is 96.2 cm³/mol. The summed E-state index contributed by atoms with van der Waals surface area (Å²) in [5, 5.41) is 12.3. The Bertz CT molecular complexity index is 874. The minimum absolute atomic E-state index is 0.167. The molecule has 2 amide bonds. The van der Waals surface area contributed by atoms with Crippen LogP contribution in [0.4, 0.5) is 14.9 Å². The Morgan fingerprint density at radius 3 is 2.46 bits per heavy atom. The van der Waals surface area contributed by atoms with E-state index in [-0.39, 0.29) is 22.7 Å². The number of benzene rings is 2. The highest BCUT2D eigenvalue weighted by Crippen LogP contribution is 2.73. The minimum atomic E-state index is -0.266. The number of hydrogen-bond donors (Lipinski definition) is 2. The Hall–Kier alpha value is -2.40. The normalized spacial score (nSPS) is 28.2. The van der Waals surface area contributed by atoms with E-state index < -0.39 is 0 Å². The van der Waals surface area contributed by atoms with Crippen LogP contribution in [0.2, 0.25) is 0 Å². The third-order valence-corrected chi connectivity index (χ3v) is 6.40. The van der Waals surface area contributed by atoms with Gasteiger partial charge in [-0.2, -0.15) is 0 Å². The number of aliphatic hydroxyl groups excluding tert-OH is 1. The van der Waals surface area contributed by atoms with Gasteiger partial charge in [0.2, 0.25) is 0 Å². The van der Waals surface area contributed by atoms with Crippen molar-refractivity contribution in [1.29, 1.82) is 0 Å². The first-order chi connectivity index (χ1) is 12.5. The summed E-state index contributed by atoms with van der Waals surface area (Å²) in [6, 6.07) is 12.6. The molecule has 2 bridgehead atoms. The summed E-state index contributed by atoms with van der Waals surface area (Å²) in [5.74, 6) is -0.266. The van der Waals surface area contributed by atoms with Crippen LogP contribution in [0.25, 0.3) is 0 Å². The number of hydrogen-bond acceptors (Lipinski definition) is 2. The highest BCUT2D eigenvalue weighted by atomic mass is 19.1. The van der Waals surface area contributed by atoms with Crippen molar-refractivity contribution >= 4 is 11.7 Å². The Labute approximate surface area is 151 Å². The maximum atomic E-state index is 13.3. The highest BCUT2D eigenvalue weighted by molar-refractivity contribution is 5.89. The van der Waals surface area contributed by atoms with Crippen LogP contribution >= 0.6 is 0 Å². The van der Waals surface area contributed by atoms with E-state index in [0.717, 1.165) is 36.1 Å². The number of halogens is 1. The van der Waals surface area contributed by atoms with Crippen molar-refractivity contribution in [3.8, 4) is 0 Å². The number of aliphatic hydroxyl groups is 1. The van der Waals surface area contributed by atoms with Crippen molar-refractivity contribution in [1.82, 2.24) is 4.90 Å². The molecular weight excluding hydrogens is 331 g/mol. The first kappa shape index (κ1) is 15.8. The molecule has 0 aromatic heterocycles. The smallest absolute Gasteiger partial charge is 0.322 e. The fourth-order valence-electron chi connectivity index (χ4n) is 5.09. The van der Waals surface area contributed by atoms with Crippen LogP contribution in [-0.2, 0) is 18.5 Å². The van der Waals surface area contributed by atoms with Crippen LogP contribution in [0, 0.1) is 11.2 Å². The van der Waals surface area contributed by atoms with E-state index in [0.29, 0.717) is 19.7 Å². The van der Waals surface area contributed by atoms with Gasteiger partial charge in [-0.3, -0.25) is 0 Å². The zero-order valence-corrected chi connectivity index (χ0v) is 14.5. The molecule has 0 spiro atoms. The quantitative estimate of drug-likeness (QED) is 0.883. The fraction of sp³-hybridized carbons (Fsp3) is 0.381. The Morgan fingerprint density at radius 2 is 1.77 bits per heavy atom. The van der Waals surface area contributed by atoms with E-state index in [1.165, 1.54) is 17.7 Å². The molecule has 0 radical (unpaired) electrons. The molecule has 0 atom stereocenters. The van der Waals surface area contributed by atoms with Gasteiger partial charge in [-0.15, -0.1) is 0 Å². The van der Waals surface area contributed by atoms with Crippen LogP contribution in [-0.4, -0.2) is 22.6 Å². The van der Waals surface area contributed by atoms with Crippen molar-refractivity contribution in [3.63, 3.8) is 0 Å². The molecular formula is C21H21FN2O2. The van der Waals surface area contributed by atoms with Crippen LogP contribution in [0.15, 0.2) is 42.5 Å². The van der Waals surface area contributed by atoms with Crippen molar-refractivity contribution in [2.75, 3.05) is 11.9 Å². The van der Waals surface area contributed by atoms with Gasteiger partial charge in [0.15, 0.2) is 0 Å². The van der Waals surface area contributed by atoms with E-state index in [1.807, 2.05) is 12.1 Å². The number of nitrogens with zero attached hydrogens (tertiary/aromatic N) is 1. The fourth-order valence-corrected chi connectivity index (χ4v) is 5.09. The van der Waals surface area contributed by atoms with Crippen molar-refractivity contribution < 1.29 is 14.3 Å². The predicted octanol–water partition coefficient (Wildman–Crippen LogP) is 3.79. The first-order valence-electron chi connectivity index (χ1n) is 9.06. The number of urea groups is 1. The van der Waals surface area contributed by atoms with Crippen molar-refractivity contribution in [3.05, 3.63) is 65.0 Å². The topological polar surface area (TPSA) is 52.6 Å². The molecule has 1 heterocycles. The molecule has 0 saturated heterocycles. The molecule has 5 heteroatoms. The van der Waals surface area contributed by atoms with Gasteiger partial charge >= 0.3 is 6.03 Å². The van der Waals surface area contributed by atoms with Crippen LogP contribution in [0.1, 0.15) is 36.0 Å². The third kappa shape index (κ3) is 2.27. The molecule has 2 aromatic carbocycles. The average Bonchev–Trinajstić information content (AvgIpc) is 2.97. The standard InChI is InChI=1S/C21H21FN2O2/c22-17-4-1-14-8-24(9-15(14)7-17)19(26)23-18-5-2-16(3-6-18)21-10-20(11-21,12-21)13-25/h1-7,25H,8-13H2,(H,23,26). The summed E-state index contributed by atoms with van der Waals surface area (Å²) in [6.45, 7) is 1.24. The average molecular weight is 352 g/mol. The van der Waals surface area contributed by atoms with Gasteiger partial charge in [-0.25, -0.2) is 9.18 Å². The molecule has 3 saturated carbocycles. The summed E-state index contributed by atoms with van der Waals surface area (Å²) in [5.41, 5.74) is 4.39. The lowest BCUT2D eigenvalue weighted by molar-refractivity contribution is -0.167. The summed E-state index contributed by atoms with van der Waals surface area (Å²) in [4.78, 5) is 14.2. The number of carbonyl (C=O) groups is 1. The monoisotopic (exact) mass is 352 g/mol. The summed E-state index contributed by atoms with van der Waals surface area (Å²) in [6.07, 6.45) is 3.22. The highest BCUT2D eigenvalue weighted by Gasteiger charge is 2.67. The number of carbonyl (C=O) groups excluding carboxylic acids is 1. The van der Waals surface area contributed by atoms with Gasteiger partial charge < -0.3 is 15.3 Å². The van der Waals surface area contributed by atoms with Gasteiger partial charge in [-0.1, -0.05) is 18.2 Å². The van der Waals surface area contributed by atoms with Gasteiger partial charge in [-0.05, 0) is 71.0 Å². The van der Waals surface area contributed by atoms with Crippen molar-refractivity contribution in [2.24, 2.45) is 5.41 Å². The lowest BCUT2D eigenvalue weighted by Crippen LogP contribution is -2.66. The number of amides is 2. The van der Waals surface area contributed by atoms with E-state index in [9.17, 15) is 14.3 Å². The molecule has 3 aliphatic carbocycles. The largest absolute Gasteiger partial charge is 0.396 e. The summed E-state index contributed by atoms with van der Waals surface area (Å²) in [7, 11) is 0. The number of anilines is 1. The number of nitrogens with one attached hydrogen (secondary N) is 1. The molecule has 4 nitrogen and oxygen atoms in total. The lowest BCUT2D eigenvalue weighted by atomic mass is 9.34. The zero-order chi connectivity index (χ0) is 17.9. The van der Waals surface area contributed by atoms with E-state index in [1.54, 1.807) is 11.0 Å². The second-order valence-corrected chi connectivity index (χ2v) is 8.25. The van der Waals surface area contributed by atoms with Gasteiger partial charge in [0.25, 0.3) is 0 Å². The molecule has 4 aliphatic rings. The van der Waals surface area contributed by atoms with E-state index in [4.69, 9.17) is 0 Å². The summed E-state index contributed by atoms with van der Waals surface area (Å²) < 4.78 is 13.3. The van der Waals surface area contributed by atoms with Crippen molar-refractivity contribution in [2.45, 2.75) is 37.8 Å². The van der Waals surface area contributed by atoms with E-state index in [2.05, 4.69) is 17.4 Å². The lowest BCUT2D eigenvalue weighted by Gasteiger charge is -2.70. The molecule has 26 heavy (non-hydrogen) atoms. The molecule has 3 fully saturated rings. The molecule has 2 N–H and O–H groups in total. The molecule has 2 aromatic rings. The second-order valence-electron chi connectivity index (χ2n) is 8.25. The second kappa shape index (κ2) is 5.30. The maximum Gasteiger partial charge on any atom is 0.322 e. The molecule has 6 rings (SSSR count). The number of fused-ring (bicyclic) bond motifs is 1. The van der Waals surface area contributed by atoms with Crippen LogP contribution < -0.4 is 5.32 Å². The minimum Gasteiger partial charge on any atom is -0.396 e. The Balaban J connectivity index is 1.23. The SMILES string of the molecule is O=C(Nc1ccc(C23CC(CO)(C2)C3)cc1)N1Cc2ccc(F)cc2C1. The zero-order valence-electron chi connectivity index (χ0n) is 14.5. The third-order valence-electron chi connectivity index (χ3n) is 6.40. The van der Waals surface area contributed by atoms with E-state index >= 15 is 0 Å². The van der Waals surface area contributed by atoms with Crippen LogP contribution in [0.5, 0.6) is 0 Å². The molecule has 1 aliphatic heterocycles.